The minimum atomic E-state index is -3.30. The predicted molar refractivity (Wildman–Crippen MR) is 125 cm³/mol. The lowest BCUT2D eigenvalue weighted by molar-refractivity contribution is 0.389. The first kappa shape index (κ1) is 30.3. The zero-order valence-electron chi connectivity index (χ0n) is 19.3. The summed E-state index contributed by atoms with van der Waals surface area (Å²) < 4.78 is 49.9. The van der Waals surface area contributed by atoms with Crippen LogP contribution < -0.4 is 0 Å². The molecule has 8 heteroatoms. The molecule has 0 radical (unpaired) electrons. The highest BCUT2D eigenvalue weighted by molar-refractivity contribution is 7.89. The summed E-state index contributed by atoms with van der Waals surface area (Å²) in [7, 11) is -6.55. The largest absolute Gasteiger partial charge is 0.226 e. The maximum atomic E-state index is 11.8. The zero-order valence-corrected chi connectivity index (χ0v) is 21.0. The lowest BCUT2D eigenvalue weighted by Crippen LogP contribution is -2.38. The number of hydrogen-bond acceptors (Lipinski definition) is 4. The molecule has 6 nitrogen and oxygen atoms in total. The van der Waals surface area contributed by atoms with E-state index in [4.69, 9.17) is 0 Å². The Morgan fingerprint density at radius 1 is 0.667 bits per heavy atom. The average Bonchev–Trinajstić information content (AvgIpc) is 2.66. The van der Waals surface area contributed by atoms with Crippen molar-refractivity contribution < 1.29 is 16.8 Å². The van der Waals surface area contributed by atoms with Crippen LogP contribution in [0, 0.1) is 47.4 Å². The maximum Gasteiger partial charge on any atom is 0.226 e. The summed E-state index contributed by atoms with van der Waals surface area (Å²) in [5.74, 6) is 21.3. The highest BCUT2D eigenvalue weighted by Crippen LogP contribution is 2.07. The first-order valence-electron chi connectivity index (χ1n) is 9.49. The summed E-state index contributed by atoms with van der Waals surface area (Å²) in [6, 6.07) is -0.0884. The quantitative estimate of drug-likeness (QED) is 0.527. The van der Waals surface area contributed by atoms with Crippen LogP contribution in [0.2, 0.25) is 0 Å². The molecule has 30 heavy (non-hydrogen) atoms. The molecule has 0 atom stereocenters. The number of rotatable bonds is 8. The molecule has 0 aliphatic rings. The number of sulfonamides is 2. The standard InChI is InChI=1S/2C11H17NO2S/c1-5-7-9-12(11(3)4)15(13,14)10-8-6-2;1-5-7-9-12(10-8-6-2)15(13,14)11(3)4/h2*11H,9-10H2,1-4H3. The van der Waals surface area contributed by atoms with Gasteiger partial charge in [0.25, 0.3) is 0 Å². The predicted octanol–water partition coefficient (Wildman–Crippen LogP) is 2.15. The van der Waals surface area contributed by atoms with Crippen molar-refractivity contribution in [3.63, 3.8) is 0 Å². The van der Waals surface area contributed by atoms with Crippen molar-refractivity contribution in [2.75, 3.05) is 25.4 Å². The van der Waals surface area contributed by atoms with Crippen molar-refractivity contribution in [3.05, 3.63) is 0 Å². The van der Waals surface area contributed by atoms with Gasteiger partial charge in [0.1, 0.15) is 5.75 Å². The Morgan fingerprint density at radius 2 is 1.07 bits per heavy atom. The molecular weight excluding hydrogens is 420 g/mol. The van der Waals surface area contributed by atoms with E-state index in [1.54, 1.807) is 41.5 Å². The Labute approximate surface area is 184 Å². The molecule has 0 amide bonds. The van der Waals surface area contributed by atoms with Crippen LogP contribution in [0.4, 0.5) is 0 Å². The van der Waals surface area contributed by atoms with Crippen LogP contribution in [0.3, 0.4) is 0 Å². The van der Waals surface area contributed by atoms with Crippen molar-refractivity contribution in [1.29, 1.82) is 0 Å². The SMILES string of the molecule is CC#CCN(C(C)C)S(=O)(=O)CC#CC.CC#CCN(CC#CC)S(=O)(=O)C(C)C. The zero-order chi connectivity index (χ0) is 23.8. The lowest BCUT2D eigenvalue weighted by atomic mass is 10.4. The first-order chi connectivity index (χ1) is 13.9. The summed E-state index contributed by atoms with van der Waals surface area (Å²) in [5.41, 5.74) is 0. The van der Waals surface area contributed by atoms with Crippen LogP contribution in [0.5, 0.6) is 0 Å². The fraction of sp³-hybridized carbons (Fsp3) is 0.636. The van der Waals surface area contributed by atoms with E-state index < -0.39 is 25.3 Å². The summed E-state index contributed by atoms with van der Waals surface area (Å²) in [6.07, 6.45) is 0. The molecule has 0 heterocycles. The lowest BCUT2D eigenvalue weighted by Gasteiger charge is -2.22. The van der Waals surface area contributed by atoms with Crippen molar-refractivity contribution in [2.45, 2.75) is 66.7 Å². The van der Waals surface area contributed by atoms with Crippen molar-refractivity contribution in [1.82, 2.24) is 8.61 Å². The van der Waals surface area contributed by atoms with Crippen LogP contribution in [0.15, 0.2) is 0 Å². The second kappa shape index (κ2) is 15.8. The highest BCUT2D eigenvalue weighted by Gasteiger charge is 2.24. The molecule has 0 aromatic rings. The van der Waals surface area contributed by atoms with Crippen molar-refractivity contribution in [2.24, 2.45) is 0 Å². The molecule has 0 aliphatic heterocycles. The summed E-state index contributed by atoms with van der Waals surface area (Å²) in [4.78, 5) is 0. The van der Waals surface area contributed by atoms with Crippen molar-refractivity contribution >= 4 is 20.0 Å². The third-order valence-corrected chi connectivity index (χ3v) is 7.54. The Bertz CT molecular complexity index is 945. The van der Waals surface area contributed by atoms with Gasteiger partial charge in [-0.1, -0.05) is 23.7 Å². The highest BCUT2D eigenvalue weighted by atomic mass is 32.2. The van der Waals surface area contributed by atoms with Gasteiger partial charge >= 0.3 is 0 Å². The second-order valence-electron chi connectivity index (χ2n) is 6.46. The van der Waals surface area contributed by atoms with E-state index in [1.165, 1.54) is 8.61 Å². The molecule has 0 aromatic heterocycles. The van der Waals surface area contributed by atoms with Gasteiger partial charge in [-0.05, 0) is 55.4 Å². The second-order valence-corrected chi connectivity index (χ2v) is 10.9. The molecule has 0 fully saturated rings. The number of nitrogens with zero attached hydrogens (tertiary/aromatic N) is 2. The monoisotopic (exact) mass is 454 g/mol. The van der Waals surface area contributed by atoms with E-state index in [2.05, 4.69) is 47.4 Å². The maximum absolute atomic E-state index is 11.8. The van der Waals surface area contributed by atoms with E-state index in [-0.39, 0.29) is 31.4 Å². The Morgan fingerprint density at radius 3 is 1.40 bits per heavy atom. The Balaban J connectivity index is 0. The van der Waals surface area contributed by atoms with Crippen LogP contribution in [0.25, 0.3) is 0 Å². The van der Waals surface area contributed by atoms with E-state index in [0.29, 0.717) is 0 Å². The minimum Gasteiger partial charge on any atom is -0.212 e. The van der Waals surface area contributed by atoms with Gasteiger partial charge in [0.15, 0.2) is 0 Å². The van der Waals surface area contributed by atoms with Gasteiger partial charge in [-0.2, -0.15) is 8.61 Å². The third-order valence-electron chi connectivity index (χ3n) is 3.60. The molecule has 0 N–H and O–H groups in total. The smallest absolute Gasteiger partial charge is 0.212 e. The summed E-state index contributed by atoms with van der Waals surface area (Å²) in [5, 5.41) is -0.435. The molecule has 0 aromatic carbocycles. The van der Waals surface area contributed by atoms with E-state index >= 15 is 0 Å². The van der Waals surface area contributed by atoms with Gasteiger partial charge in [0.05, 0.1) is 24.9 Å². The minimum absolute atomic E-state index is 0.0884. The summed E-state index contributed by atoms with van der Waals surface area (Å²) >= 11 is 0. The normalized spacial score (nSPS) is 10.5. The molecule has 0 rings (SSSR count). The van der Waals surface area contributed by atoms with Crippen LogP contribution in [-0.4, -0.2) is 62.1 Å². The third kappa shape index (κ3) is 11.9. The average molecular weight is 455 g/mol. The van der Waals surface area contributed by atoms with E-state index in [9.17, 15) is 16.8 Å². The van der Waals surface area contributed by atoms with Crippen LogP contribution >= 0.6 is 0 Å². The van der Waals surface area contributed by atoms with E-state index in [1.807, 2.05) is 13.8 Å². The Kier molecular flexibility index (Phi) is 16.0. The van der Waals surface area contributed by atoms with Gasteiger partial charge in [0, 0.05) is 6.04 Å². The molecule has 0 saturated carbocycles. The van der Waals surface area contributed by atoms with Gasteiger partial charge in [-0.25, -0.2) is 16.8 Å². The molecule has 0 spiro atoms. The van der Waals surface area contributed by atoms with Gasteiger partial charge in [0.2, 0.25) is 20.0 Å². The summed E-state index contributed by atoms with van der Waals surface area (Å²) in [6.45, 7) is 14.3. The molecule has 0 saturated heterocycles. The van der Waals surface area contributed by atoms with E-state index in [0.717, 1.165) is 0 Å². The van der Waals surface area contributed by atoms with Crippen molar-refractivity contribution in [3.8, 4) is 47.4 Å². The molecule has 0 aliphatic carbocycles. The van der Waals surface area contributed by atoms with Crippen LogP contribution in [-0.2, 0) is 20.0 Å². The fourth-order valence-corrected chi connectivity index (χ4v) is 4.36. The topological polar surface area (TPSA) is 74.8 Å². The first-order valence-corrected chi connectivity index (χ1v) is 12.6. The van der Waals surface area contributed by atoms with Crippen LogP contribution in [0.1, 0.15) is 55.4 Å². The van der Waals surface area contributed by atoms with Gasteiger partial charge < -0.3 is 0 Å². The molecule has 0 bridgehead atoms. The molecule has 168 valence electrons. The number of hydrogen-bond donors (Lipinski definition) is 0. The van der Waals surface area contributed by atoms with Gasteiger partial charge in [-0.3, -0.25) is 0 Å². The Hall–Kier alpha value is -1.94. The molecule has 0 unspecified atom stereocenters. The fourth-order valence-electron chi connectivity index (χ4n) is 1.87. The molecular formula is C22H34N2O4S2. The van der Waals surface area contributed by atoms with Gasteiger partial charge in [-0.15, -0.1) is 23.7 Å².